The monoisotopic (exact) mass is 372 g/mol. The van der Waals surface area contributed by atoms with Crippen molar-refractivity contribution < 1.29 is 19.0 Å². The zero-order valence-corrected chi connectivity index (χ0v) is 16.5. The third-order valence-electron chi connectivity index (χ3n) is 4.22. The fourth-order valence-corrected chi connectivity index (χ4v) is 2.84. The van der Waals surface area contributed by atoms with Crippen LogP contribution in [0.2, 0.25) is 0 Å². The lowest BCUT2D eigenvalue weighted by Crippen LogP contribution is -2.28. The Morgan fingerprint density at radius 2 is 1.63 bits per heavy atom. The number of nitrogens with one attached hydrogen (secondary N) is 1. The molecule has 0 aliphatic carbocycles. The van der Waals surface area contributed by atoms with Crippen LogP contribution >= 0.6 is 0 Å². The summed E-state index contributed by atoms with van der Waals surface area (Å²) >= 11 is 0. The molecule has 1 N–H and O–H groups in total. The summed E-state index contributed by atoms with van der Waals surface area (Å²) in [5.41, 5.74) is 1.75. The molecule has 0 spiro atoms. The van der Waals surface area contributed by atoms with Gasteiger partial charge in [-0.3, -0.25) is 4.79 Å². The summed E-state index contributed by atoms with van der Waals surface area (Å²) in [5, 5.41) is 2.94. The van der Waals surface area contributed by atoms with Crippen molar-refractivity contribution in [1.82, 2.24) is 10.2 Å². The third-order valence-corrected chi connectivity index (χ3v) is 4.22. The van der Waals surface area contributed by atoms with E-state index in [2.05, 4.69) is 29.4 Å². The maximum Gasteiger partial charge on any atom is 0.251 e. The van der Waals surface area contributed by atoms with E-state index < -0.39 is 0 Å². The number of amides is 1. The van der Waals surface area contributed by atoms with Gasteiger partial charge in [-0.1, -0.05) is 30.3 Å². The maximum atomic E-state index is 12.4. The van der Waals surface area contributed by atoms with Crippen molar-refractivity contribution >= 4 is 5.91 Å². The highest BCUT2D eigenvalue weighted by Crippen LogP contribution is 2.38. The zero-order valence-electron chi connectivity index (χ0n) is 16.5. The van der Waals surface area contributed by atoms with Crippen LogP contribution in [-0.4, -0.2) is 52.3 Å². The second-order valence-electron chi connectivity index (χ2n) is 6.25. The van der Waals surface area contributed by atoms with Gasteiger partial charge >= 0.3 is 0 Å². The molecule has 6 heteroatoms. The Morgan fingerprint density at radius 1 is 1.00 bits per heavy atom. The van der Waals surface area contributed by atoms with Crippen LogP contribution in [-0.2, 0) is 6.54 Å². The predicted octanol–water partition coefficient (Wildman–Crippen LogP) is 2.96. The number of carbonyl (C=O) groups excluding carboxylic acids is 1. The Bertz CT molecular complexity index is 709. The first-order chi connectivity index (χ1) is 13.1. The largest absolute Gasteiger partial charge is 0.493 e. The van der Waals surface area contributed by atoms with Gasteiger partial charge in [-0.2, -0.15) is 0 Å². The first-order valence-electron chi connectivity index (χ1n) is 8.89. The molecule has 0 atom stereocenters. The van der Waals surface area contributed by atoms with Crippen LogP contribution in [0.5, 0.6) is 17.2 Å². The summed E-state index contributed by atoms with van der Waals surface area (Å²) in [5.74, 6) is 1.23. The average molecular weight is 372 g/mol. The van der Waals surface area contributed by atoms with Gasteiger partial charge < -0.3 is 24.4 Å². The molecule has 0 aromatic heterocycles. The Balaban J connectivity index is 1.85. The van der Waals surface area contributed by atoms with Gasteiger partial charge in [0.25, 0.3) is 5.91 Å². The van der Waals surface area contributed by atoms with Crippen LogP contribution in [0, 0.1) is 0 Å². The van der Waals surface area contributed by atoms with Crippen molar-refractivity contribution in [3.05, 3.63) is 53.6 Å². The predicted molar refractivity (Wildman–Crippen MR) is 106 cm³/mol. The van der Waals surface area contributed by atoms with E-state index in [1.807, 2.05) is 18.2 Å². The van der Waals surface area contributed by atoms with Crippen LogP contribution < -0.4 is 19.5 Å². The van der Waals surface area contributed by atoms with Crippen molar-refractivity contribution in [2.45, 2.75) is 13.0 Å². The smallest absolute Gasteiger partial charge is 0.251 e. The first kappa shape index (κ1) is 20.6. The Morgan fingerprint density at radius 3 is 2.19 bits per heavy atom. The second kappa shape index (κ2) is 10.4. The molecule has 1 amide bonds. The zero-order chi connectivity index (χ0) is 19.6. The van der Waals surface area contributed by atoms with Gasteiger partial charge in [0.05, 0.1) is 21.3 Å². The van der Waals surface area contributed by atoms with E-state index >= 15 is 0 Å². The minimum atomic E-state index is -0.167. The highest BCUT2D eigenvalue weighted by Gasteiger charge is 2.16. The van der Waals surface area contributed by atoms with Gasteiger partial charge in [0.15, 0.2) is 11.5 Å². The Kier molecular flexibility index (Phi) is 7.95. The molecule has 0 aliphatic rings. The van der Waals surface area contributed by atoms with E-state index in [1.54, 1.807) is 12.1 Å². The molecular formula is C21H28N2O4. The number of rotatable bonds is 10. The van der Waals surface area contributed by atoms with E-state index in [-0.39, 0.29) is 5.91 Å². The van der Waals surface area contributed by atoms with E-state index in [9.17, 15) is 4.79 Å². The molecule has 6 nitrogen and oxygen atoms in total. The van der Waals surface area contributed by atoms with Crippen LogP contribution in [0.1, 0.15) is 22.3 Å². The molecule has 0 aliphatic heterocycles. The summed E-state index contributed by atoms with van der Waals surface area (Å²) in [6.07, 6.45) is 0.861. The summed E-state index contributed by atoms with van der Waals surface area (Å²) in [7, 11) is 6.67. The van der Waals surface area contributed by atoms with Crippen molar-refractivity contribution in [3.8, 4) is 17.2 Å². The summed E-state index contributed by atoms with van der Waals surface area (Å²) < 4.78 is 15.9. The Labute approximate surface area is 161 Å². The minimum Gasteiger partial charge on any atom is -0.493 e. The number of hydrogen-bond donors (Lipinski definition) is 1. The van der Waals surface area contributed by atoms with E-state index in [0.29, 0.717) is 29.4 Å². The standard InChI is InChI=1S/C21H28N2O4/c1-23(15-16-9-6-5-7-10-16)12-8-11-22-21(24)17-13-18(25-2)20(27-4)19(14-17)26-3/h5-7,9-10,13-14H,8,11-12,15H2,1-4H3,(H,22,24). The van der Waals surface area contributed by atoms with Crippen LogP contribution in [0.15, 0.2) is 42.5 Å². The molecule has 146 valence electrons. The normalized spacial score (nSPS) is 10.6. The maximum absolute atomic E-state index is 12.4. The molecule has 0 radical (unpaired) electrons. The highest BCUT2D eigenvalue weighted by molar-refractivity contribution is 5.95. The second-order valence-corrected chi connectivity index (χ2v) is 6.25. The van der Waals surface area contributed by atoms with E-state index in [1.165, 1.54) is 26.9 Å². The molecule has 0 fully saturated rings. The lowest BCUT2D eigenvalue weighted by Gasteiger charge is -2.17. The number of benzene rings is 2. The average Bonchev–Trinajstić information content (AvgIpc) is 2.70. The number of nitrogens with zero attached hydrogens (tertiary/aromatic N) is 1. The SMILES string of the molecule is COc1cc(C(=O)NCCCN(C)Cc2ccccc2)cc(OC)c1OC. The fraction of sp³-hybridized carbons (Fsp3) is 0.381. The van der Waals surface area contributed by atoms with Crippen LogP contribution in [0.25, 0.3) is 0 Å². The lowest BCUT2D eigenvalue weighted by atomic mass is 10.1. The van der Waals surface area contributed by atoms with Gasteiger partial charge in [0.1, 0.15) is 0 Å². The number of carbonyl (C=O) groups is 1. The fourth-order valence-electron chi connectivity index (χ4n) is 2.84. The van der Waals surface area contributed by atoms with Crippen LogP contribution in [0.3, 0.4) is 0 Å². The highest BCUT2D eigenvalue weighted by atomic mass is 16.5. The number of hydrogen-bond acceptors (Lipinski definition) is 5. The Hall–Kier alpha value is -2.73. The molecule has 2 aromatic rings. The minimum absolute atomic E-state index is 0.167. The van der Waals surface area contributed by atoms with Crippen molar-refractivity contribution in [2.24, 2.45) is 0 Å². The van der Waals surface area contributed by atoms with Crippen molar-refractivity contribution in [1.29, 1.82) is 0 Å². The topological polar surface area (TPSA) is 60.0 Å². The molecule has 2 aromatic carbocycles. The van der Waals surface area contributed by atoms with Crippen molar-refractivity contribution in [3.63, 3.8) is 0 Å². The lowest BCUT2D eigenvalue weighted by molar-refractivity contribution is 0.0951. The molecule has 0 heterocycles. The molecule has 0 saturated carbocycles. The summed E-state index contributed by atoms with van der Waals surface area (Å²) in [6.45, 7) is 2.38. The summed E-state index contributed by atoms with van der Waals surface area (Å²) in [4.78, 5) is 14.7. The molecular weight excluding hydrogens is 344 g/mol. The molecule has 0 saturated heterocycles. The third kappa shape index (κ3) is 5.89. The molecule has 0 bridgehead atoms. The van der Waals surface area contributed by atoms with E-state index in [0.717, 1.165) is 19.5 Å². The van der Waals surface area contributed by atoms with Gasteiger partial charge in [-0.25, -0.2) is 0 Å². The molecule has 2 rings (SSSR count). The van der Waals surface area contributed by atoms with Gasteiger partial charge in [-0.05, 0) is 37.7 Å². The first-order valence-corrected chi connectivity index (χ1v) is 8.89. The molecule has 0 unspecified atom stereocenters. The van der Waals surface area contributed by atoms with Crippen LogP contribution in [0.4, 0.5) is 0 Å². The number of methoxy groups -OCH3 is 3. The van der Waals surface area contributed by atoms with Gasteiger partial charge in [0, 0.05) is 18.7 Å². The van der Waals surface area contributed by atoms with Gasteiger partial charge in [0.2, 0.25) is 5.75 Å². The molecule has 27 heavy (non-hydrogen) atoms. The number of ether oxygens (including phenoxy) is 3. The quantitative estimate of drug-likeness (QED) is 0.650. The van der Waals surface area contributed by atoms with Gasteiger partial charge in [-0.15, -0.1) is 0 Å². The van der Waals surface area contributed by atoms with E-state index in [4.69, 9.17) is 14.2 Å². The van der Waals surface area contributed by atoms with Crippen molar-refractivity contribution in [2.75, 3.05) is 41.5 Å². The summed E-state index contributed by atoms with van der Waals surface area (Å²) in [6, 6.07) is 13.6.